The molecule has 2 heterocycles. The van der Waals surface area contributed by atoms with Crippen LogP contribution in [0.1, 0.15) is 35.0 Å². The van der Waals surface area contributed by atoms with Crippen molar-refractivity contribution in [2.75, 3.05) is 18.1 Å². The molecule has 0 saturated carbocycles. The highest BCUT2D eigenvalue weighted by molar-refractivity contribution is 7.14. The first-order chi connectivity index (χ1) is 16.2. The number of carbonyl (C=O) groups excluding carboxylic acids is 2. The highest BCUT2D eigenvalue weighted by Gasteiger charge is 2.31. The average Bonchev–Trinajstić information content (AvgIpc) is 3.12. The summed E-state index contributed by atoms with van der Waals surface area (Å²) in [7, 11) is 0. The van der Waals surface area contributed by atoms with Crippen LogP contribution in [-0.2, 0) is 22.3 Å². The molecule has 1 amide bonds. The van der Waals surface area contributed by atoms with E-state index in [1.54, 1.807) is 23.6 Å². The van der Waals surface area contributed by atoms with Gasteiger partial charge in [-0.15, -0.1) is 11.3 Å². The van der Waals surface area contributed by atoms with Crippen molar-refractivity contribution in [2.45, 2.75) is 26.1 Å². The van der Waals surface area contributed by atoms with E-state index in [0.29, 0.717) is 30.4 Å². The van der Waals surface area contributed by atoms with Crippen LogP contribution in [0.25, 0.3) is 0 Å². The van der Waals surface area contributed by atoms with Gasteiger partial charge in [-0.2, -0.15) is 13.2 Å². The van der Waals surface area contributed by atoms with Crippen LogP contribution in [0.5, 0.6) is 11.5 Å². The second-order valence-corrected chi connectivity index (χ2v) is 8.15. The second kappa shape index (κ2) is 9.72. The molecule has 0 saturated heterocycles. The molecule has 7 nitrogen and oxygen atoms in total. The minimum atomic E-state index is -4.55. The maximum absolute atomic E-state index is 13.1. The van der Waals surface area contributed by atoms with E-state index >= 15 is 0 Å². The smallest absolute Gasteiger partial charge is 0.416 e. The molecule has 0 atom stereocenters. The normalized spacial score (nSPS) is 13.2. The van der Waals surface area contributed by atoms with Crippen molar-refractivity contribution < 1.29 is 37.0 Å². The van der Waals surface area contributed by atoms with Gasteiger partial charge in [0.2, 0.25) is 5.91 Å². The Balaban J connectivity index is 1.47. The Kier molecular flexibility index (Phi) is 6.73. The number of ether oxygens (including phenoxy) is 3. The van der Waals surface area contributed by atoms with Gasteiger partial charge in [-0.05, 0) is 36.4 Å². The number of fused-ring (bicyclic) bond motifs is 1. The van der Waals surface area contributed by atoms with Crippen molar-refractivity contribution in [2.24, 2.45) is 0 Å². The minimum absolute atomic E-state index is 0.0346. The zero-order chi connectivity index (χ0) is 24.3. The lowest BCUT2D eigenvalue weighted by molar-refractivity contribution is -0.137. The maximum Gasteiger partial charge on any atom is 0.416 e. The molecule has 1 aliphatic heterocycles. The quantitative estimate of drug-likeness (QED) is 0.446. The Morgan fingerprint density at radius 2 is 1.88 bits per heavy atom. The number of benzene rings is 2. The summed E-state index contributed by atoms with van der Waals surface area (Å²) in [5, 5.41) is 1.73. The van der Waals surface area contributed by atoms with E-state index in [-0.39, 0.29) is 23.0 Å². The number of hydrogen-bond acceptors (Lipinski definition) is 7. The van der Waals surface area contributed by atoms with E-state index < -0.39 is 23.6 Å². The SMILES string of the molecule is CC(=O)N(c1cccc(C(F)(F)F)c1)c1nc(COC(=O)c2ccc3c(c2)OCCCO3)cs1. The number of rotatable bonds is 5. The van der Waals surface area contributed by atoms with Crippen LogP contribution in [0.3, 0.4) is 0 Å². The Morgan fingerprint density at radius 1 is 1.12 bits per heavy atom. The van der Waals surface area contributed by atoms with E-state index in [1.807, 2.05) is 0 Å². The number of alkyl halides is 3. The topological polar surface area (TPSA) is 78.0 Å². The van der Waals surface area contributed by atoms with E-state index in [0.717, 1.165) is 34.8 Å². The highest BCUT2D eigenvalue weighted by Crippen LogP contribution is 2.35. The number of anilines is 2. The van der Waals surface area contributed by atoms with Gasteiger partial charge >= 0.3 is 12.1 Å². The summed E-state index contributed by atoms with van der Waals surface area (Å²) in [5.41, 5.74) is -0.223. The first-order valence-electron chi connectivity index (χ1n) is 10.2. The fraction of sp³-hybridized carbons (Fsp3) is 0.261. The molecule has 0 N–H and O–H groups in total. The molecule has 0 spiro atoms. The van der Waals surface area contributed by atoms with Gasteiger partial charge in [0.15, 0.2) is 16.6 Å². The van der Waals surface area contributed by atoms with Crippen LogP contribution < -0.4 is 14.4 Å². The lowest BCUT2D eigenvalue weighted by Crippen LogP contribution is -2.23. The minimum Gasteiger partial charge on any atom is -0.490 e. The third kappa shape index (κ3) is 5.30. The molecule has 0 aliphatic carbocycles. The number of amides is 1. The molecule has 4 rings (SSSR count). The van der Waals surface area contributed by atoms with Crippen molar-refractivity contribution in [3.05, 3.63) is 64.7 Å². The van der Waals surface area contributed by atoms with Gasteiger partial charge < -0.3 is 14.2 Å². The van der Waals surface area contributed by atoms with Crippen molar-refractivity contribution >= 4 is 34.0 Å². The van der Waals surface area contributed by atoms with Crippen LogP contribution >= 0.6 is 11.3 Å². The fourth-order valence-corrected chi connectivity index (χ4v) is 4.10. The molecule has 1 aliphatic rings. The number of hydrogen-bond donors (Lipinski definition) is 0. The molecular weight excluding hydrogens is 473 g/mol. The van der Waals surface area contributed by atoms with Crippen molar-refractivity contribution in [1.82, 2.24) is 4.98 Å². The summed E-state index contributed by atoms with van der Waals surface area (Å²) in [4.78, 5) is 30.0. The van der Waals surface area contributed by atoms with Crippen molar-refractivity contribution in [3.63, 3.8) is 0 Å². The zero-order valence-electron chi connectivity index (χ0n) is 17.9. The number of thiazole rings is 1. The fourth-order valence-electron chi connectivity index (χ4n) is 3.23. The number of esters is 1. The van der Waals surface area contributed by atoms with Crippen LogP contribution in [0.2, 0.25) is 0 Å². The van der Waals surface area contributed by atoms with Gasteiger partial charge in [0.05, 0.1) is 35.7 Å². The Bertz CT molecular complexity index is 1210. The molecule has 0 bridgehead atoms. The van der Waals surface area contributed by atoms with Crippen molar-refractivity contribution in [1.29, 1.82) is 0 Å². The highest BCUT2D eigenvalue weighted by atomic mass is 32.1. The summed E-state index contributed by atoms with van der Waals surface area (Å²) in [5.74, 6) is -0.103. The lowest BCUT2D eigenvalue weighted by atomic mass is 10.2. The maximum atomic E-state index is 13.1. The predicted octanol–water partition coefficient (Wildman–Crippen LogP) is 5.36. The largest absolute Gasteiger partial charge is 0.490 e. The molecule has 0 fully saturated rings. The number of halogens is 3. The van der Waals surface area contributed by atoms with E-state index in [9.17, 15) is 22.8 Å². The number of carbonyl (C=O) groups is 2. The monoisotopic (exact) mass is 492 g/mol. The second-order valence-electron chi connectivity index (χ2n) is 7.31. The first-order valence-corrected chi connectivity index (χ1v) is 11.1. The molecule has 1 aromatic heterocycles. The van der Waals surface area contributed by atoms with Gasteiger partial charge in [0, 0.05) is 18.7 Å². The zero-order valence-corrected chi connectivity index (χ0v) is 18.7. The van der Waals surface area contributed by atoms with Crippen LogP contribution in [0.4, 0.5) is 24.0 Å². The molecule has 178 valence electrons. The molecule has 3 aromatic rings. The van der Waals surface area contributed by atoms with Crippen LogP contribution in [0.15, 0.2) is 47.8 Å². The van der Waals surface area contributed by atoms with Crippen LogP contribution in [0, 0.1) is 0 Å². The molecule has 0 radical (unpaired) electrons. The molecule has 34 heavy (non-hydrogen) atoms. The standard InChI is InChI=1S/C23H19F3N2O5S/c1-14(29)28(18-5-2-4-16(11-18)23(24,25)26)22-27-17(13-34-22)12-33-21(30)15-6-7-19-20(10-15)32-9-3-8-31-19/h2,4-7,10-11,13H,3,8-9,12H2,1H3. The number of aromatic nitrogens is 1. The number of nitrogens with zero attached hydrogens (tertiary/aromatic N) is 2. The van der Waals surface area contributed by atoms with Gasteiger partial charge in [-0.1, -0.05) is 6.07 Å². The summed E-state index contributed by atoms with van der Waals surface area (Å²) in [6.07, 6.45) is -3.81. The summed E-state index contributed by atoms with van der Waals surface area (Å²) in [6, 6.07) is 9.16. The Hall–Kier alpha value is -3.60. The van der Waals surface area contributed by atoms with E-state index in [2.05, 4.69) is 4.98 Å². The Labute approximate surface area is 196 Å². The molecular formula is C23H19F3N2O5S. The van der Waals surface area contributed by atoms with Gasteiger partial charge in [0.25, 0.3) is 0 Å². The van der Waals surface area contributed by atoms with Crippen LogP contribution in [-0.4, -0.2) is 30.1 Å². The van der Waals surface area contributed by atoms with Gasteiger partial charge in [0.1, 0.15) is 6.61 Å². The predicted molar refractivity (Wildman–Crippen MR) is 118 cm³/mol. The molecule has 0 unspecified atom stereocenters. The van der Waals surface area contributed by atoms with Crippen molar-refractivity contribution in [3.8, 4) is 11.5 Å². The molecule has 11 heteroatoms. The summed E-state index contributed by atoms with van der Waals surface area (Å²) < 4.78 is 55.7. The third-order valence-corrected chi connectivity index (χ3v) is 5.69. The Morgan fingerprint density at radius 3 is 2.62 bits per heavy atom. The average molecular weight is 492 g/mol. The van der Waals surface area contributed by atoms with E-state index in [1.165, 1.54) is 19.1 Å². The van der Waals surface area contributed by atoms with Gasteiger partial charge in [-0.3, -0.25) is 9.69 Å². The summed E-state index contributed by atoms with van der Waals surface area (Å²) >= 11 is 1.05. The van der Waals surface area contributed by atoms with E-state index in [4.69, 9.17) is 14.2 Å². The summed E-state index contributed by atoms with van der Waals surface area (Å²) in [6.45, 7) is 2.05. The first kappa shape index (κ1) is 23.6. The van der Waals surface area contributed by atoms with Gasteiger partial charge in [-0.25, -0.2) is 9.78 Å². The lowest BCUT2D eigenvalue weighted by Gasteiger charge is -2.19. The molecule has 2 aromatic carbocycles. The third-order valence-electron chi connectivity index (χ3n) is 4.81.